The molecule has 0 radical (unpaired) electrons. The summed E-state index contributed by atoms with van der Waals surface area (Å²) >= 11 is 0. The van der Waals surface area contributed by atoms with Crippen molar-refractivity contribution in [3.05, 3.63) is 29.3 Å². The Morgan fingerprint density at radius 2 is 2.29 bits per heavy atom. The van der Waals surface area contributed by atoms with E-state index in [4.69, 9.17) is 0 Å². The number of carbonyl (C=O) groups excluding carboxylic acids is 1. The van der Waals surface area contributed by atoms with Crippen LogP contribution in [0.2, 0.25) is 0 Å². The van der Waals surface area contributed by atoms with Crippen LogP contribution in [0.15, 0.2) is 18.2 Å². The van der Waals surface area contributed by atoms with Gasteiger partial charge in [0.1, 0.15) is 11.5 Å². The van der Waals surface area contributed by atoms with Crippen molar-refractivity contribution < 1.29 is 9.90 Å². The average molecular weight is 190 g/mol. The fourth-order valence-electron chi connectivity index (χ4n) is 2.21. The quantitative estimate of drug-likeness (QED) is 0.738. The standard InChI is InChI=1S/C12H14O2/c1-8(13)11-4-2-3-9-5-6-10(14)7-12(9)11/h5-7,11,14H,2-4H2,1H3. The Kier molecular flexibility index (Phi) is 2.28. The number of ketones is 1. The van der Waals surface area contributed by atoms with E-state index in [-0.39, 0.29) is 17.5 Å². The number of phenols is 1. The summed E-state index contributed by atoms with van der Waals surface area (Å²) in [5, 5.41) is 9.38. The largest absolute Gasteiger partial charge is 0.508 e. The Labute approximate surface area is 83.6 Å². The van der Waals surface area contributed by atoms with Gasteiger partial charge in [-0.05, 0) is 49.4 Å². The minimum Gasteiger partial charge on any atom is -0.508 e. The van der Waals surface area contributed by atoms with Crippen LogP contribution in [0.5, 0.6) is 5.75 Å². The van der Waals surface area contributed by atoms with Crippen molar-refractivity contribution in [1.29, 1.82) is 0 Å². The molecule has 2 heteroatoms. The van der Waals surface area contributed by atoms with Crippen LogP contribution in [-0.4, -0.2) is 10.9 Å². The lowest BCUT2D eigenvalue weighted by atomic mass is 9.81. The molecule has 1 atom stereocenters. The molecule has 0 bridgehead atoms. The average Bonchev–Trinajstić information content (AvgIpc) is 2.16. The molecule has 1 aromatic carbocycles. The van der Waals surface area contributed by atoms with Crippen molar-refractivity contribution in [3.8, 4) is 5.75 Å². The van der Waals surface area contributed by atoms with Crippen LogP contribution in [0.3, 0.4) is 0 Å². The molecule has 74 valence electrons. The third kappa shape index (κ3) is 1.52. The number of rotatable bonds is 1. The van der Waals surface area contributed by atoms with Crippen molar-refractivity contribution in [2.45, 2.75) is 32.1 Å². The first-order valence-corrected chi connectivity index (χ1v) is 5.00. The maximum Gasteiger partial charge on any atom is 0.137 e. The van der Waals surface area contributed by atoms with E-state index < -0.39 is 0 Å². The summed E-state index contributed by atoms with van der Waals surface area (Å²) in [7, 11) is 0. The summed E-state index contributed by atoms with van der Waals surface area (Å²) in [5.41, 5.74) is 2.25. The predicted molar refractivity (Wildman–Crippen MR) is 54.5 cm³/mol. The highest BCUT2D eigenvalue weighted by Gasteiger charge is 2.23. The zero-order chi connectivity index (χ0) is 10.1. The van der Waals surface area contributed by atoms with Gasteiger partial charge in [0.2, 0.25) is 0 Å². The van der Waals surface area contributed by atoms with E-state index >= 15 is 0 Å². The monoisotopic (exact) mass is 190 g/mol. The van der Waals surface area contributed by atoms with Crippen molar-refractivity contribution in [2.24, 2.45) is 0 Å². The summed E-state index contributed by atoms with van der Waals surface area (Å²) in [5.74, 6) is 0.472. The Morgan fingerprint density at radius 3 is 3.00 bits per heavy atom. The molecule has 0 fully saturated rings. The highest BCUT2D eigenvalue weighted by Crippen LogP contribution is 2.34. The molecule has 2 nitrogen and oxygen atoms in total. The van der Waals surface area contributed by atoms with Crippen LogP contribution in [0.25, 0.3) is 0 Å². The maximum atomic E-state index is 11.4. The molecule has 14 heavy (non-hydrogen) atoms. The smallest absolute Gasteiger partial charge is 0.137 e. The van der Waals surface area contributed by atoms with Gasteiger partial charge in [-0.2, -0.15) is 0 Å². The SMILES string of the molecule is CC(=O)C1CCCc2ccc(O)cc21. The summed E-state index contributed by atoms with van der Waals surface area (Å²) in [6.07, 6.45) is 3.02. The molecule has 1 aliphatic carbocycles. The zero-order valence-corrected chi connectivity index (χ0v) is 8.29. The number of aryl methyl sites for hydroxylation is 1. The number of hydrogen-bond donors (Lipinski definition) is 1. The van der Waals surface area contributed by atoms with Gasteiger partial charge in [-0.3, -0.25) is 4.79 Å². The summed E-state index contributed by atoms with van der Waals surface area (Å²) in [6.45, 7) is 1.63. The maximum absolute atomic E-state index is 11.4. The van der Waals surface area contributed by atoms with Crippen LogP contribution in [0.4, 0.5) is 0 Å². The van der Waals surface area contributed by atoms with Gasteiger partial charge in [0.15, 0.2) is 0 Å². The number of Topliss-reactive ketones (excluding diaryl/α,β-unsaturated/α-hetero) is 1. The fraction of sp³-hybridized carbons (Fsp3) is 0.417. The van der Waals surface area contributed by atoms with Gasteiger partial charge in [-0.25, -0.2) is 0 Å². The van der Waals surface area contributed by atoms with Gasteiger partial charge in [-0.15, -0.1) is 0 Å². The summed E-state index contributed by atoms with van der Waals surface area (Å²) < 4.78 is 0. The number of carbonyl (C=O) groups is 1. The number of aromatic hydroxyl groups is 1. The van der Waals surface area contributed by atoms with E-state index in [0.29, 0.717) is 0 Å². The lowest BCUT2D eigenvalue weighted by molar-refractivity contribution is -0.118. The number of phenolic OH excluding ortho intramolecular Hbond substituents is 1. The third-order valence-corrected chi connectivity index (χ3v) is 2.93. The fourth-order valence-corrected chi connectivity index (χ4v) is 2.21. The van der Waals surface area contributed by atoms with E-state index in [1.807, 2.05) is 6.07 Å². The molecule has 0 aromatic heterocycles. The molecule has 0 amide bonds. The third-order valence-electron chi connectivity index (χ3n) is 2.93. The van der Waals surface area contributed by atoms with Crippen LogP contribution < -0.4 is 0 Å². The molecular weight excluding hydrogens is 176 g/mol. The Morgan fingerprint density at radius 1 is 1.50 bits per heavy atom. The van der Waals surface area contributed by atoms with Crippen LogP contribution in [0.1, 0.15) is 36.8 Å². The van der Waals surface area contributed by atoms with Gasteiger partial charge in [0.25, 0.3) is 0 Å². The van der Waals surface area contributed by atoms with Gasteiger partial charge in [0.05, 0.1) is 0 Å². The minimum atomic E-state index is 0.00542. The van der Waals surface area contributed by atoms with Gasteiger partial charge >= 0.3 is 0 Å². The van der Waals surface area contributed by atoms with Crippen molar-refractivity contribution in [3.63, 3.8) is 0 Å². The molecule has 1 N–H and O–H groups in total. The molecule has 0 aliphatic heterocycles. The van der Waals surface area contributed by atoms with Crippen molar-refractivity contribution in [1.82, 2.24) is 0 Å². The Balaban J connectivity index is 2.46. The lowest BCUT2D eigenvalue weighted by Crippen LogP contribution is -2.15. The summed E-state index contributed by atoms with van der Waals surface area (Å²) in [6, 6.07) is 5.36. The van der Waals surface area contributed by atoms with Crippen molar-refractivity contribution >= 4 is 5.78 Å². The second-order valence-corrected chi connectivity index (χ2v) is 3.94. The van der Waals surface area contributed by atoms with E-state index in [1.54, 1.807) is 19.1 Å². The number of hydrogen-bond acceptors (Lipinski definition) is 2. The van der Waals surface area contributed by atoms with Crippen LogP contribution in [-0.2, 0) is 11.2 Å². The molecular formula is C12H14O2. The van der Waals surface area contributed by atoms with E-state index in [1.165, 1.54) is 5.56 Å². The first-order valence-electron chi connectivity index (χ1n) is 5.00. The topological polar surface area (TPSA) is 37.3 Å². The second-order valence-electron chi connectivity index (χ2n) is 3.94. The Hall–Kier alpha value is -1.31. The van der Waals surface area contributed by atoms with Gasteiger partial charge in [-0.1, -0.05) is 6.07 Å². The normalized spacial score (nSPS) is 20.2. The van der Waals surface area contributed by atoms with Gasteiger partial charge in [0, 0.05) is 5.92 Å². The van der Waals surface area contributed by atoms with E-state index in [9.17, 15) is 9.90 Å². The molecule has 0 spiro atoms. The van der Waals surface area contributed by atoms with E-state index in [2.05, 4.69) is 0 Å². The van der Waals surface area contributed by atoms with Gasteiger partial charge < -0.3 is 5.11 Å². The molecule has 1 aromatic rings. The number of benzene rings is 1. The number of fused-ring (bicyclic) bond motifs is 1. The minimum absolute atomic E-state index is 0.00542. The molecule has 0 saturated carbocycles. The van der Waals surface area contributed by atoms with Crippen LogP contribution >= 0.6 is 0 Å². The molecule has 1 unspecified atom stereocenters. The second kappa shape index (κ2) is 3.45. The first-order chi connectivity index (χ1) is 6.68. The van der Waals surface area contributed by atoms with E-state index in [0.717, 1.165) is 24.8 Å². The van der Waals surface area contributed by atoms with Crippen molar-refractivity contribution in [2.75, 3.05) is 0 Å². The highest BCUT2D eigenvalue weighted by atomic mass is 16.3. The lowest BCUT2D eigenvalue weighted by Gasteiger charge is -2.23. The Bertz CT molecular complexity index is 369. The predicted octanol–water partition coefficient (Wildman–Crippen LogP) is 2.40. The zero-order valence-electron chi connectivity index (χ0n) is 8.29. The highest BCUT2D eigenvalue weighted by molar-refractivity contribution is 5.84. The molecule has 0 saturated heterocycles. The summed E-state index contributed by atoms with van der Waals surface area (Å²) in [4.78, 5) is 11.4. The molecule has 0 heterocycles. The first kappa shape index (κ1) is 9.25. The van der Waals surface area contributed by atoms with Crippen LogP contribution in [0, 0.1) is 0 Å². The molecule has 2 rings (SSSR count). The molecule has 1 aliphatic rings.